The van der Waals surface area contributed by atoms with Crippen molar-refractivity contribution in [1.29, 1.82) is 0 Å². The topological polar surface area (TPSA) is 66.5 Å². The molecule has 0 aromatic carbocycles. The van der Waals surface area contributed by atoms with Crippen LogP contribution in [0.2, 0.25) is 0 Å². The Bertz CT molecular complexity index is 670. The Hall–Kier alpha value is -1.69. The van der Waals surface area contributed by atoms with Gasteiger partial charge in [-0.1, -0.05) is 0 Å². The van der Waals surface area contributed by atoms with Crippen molar-refractivity contribution in [3.05, 3.63) is 18.0 Å². The quantitative estimate of drug-likeness (QED) is 0.931. The van der Waals surface area contributed by atoms with E-state index in [1.54, 1.807) is 0 Å². The molecule has 0 radical (unpaired) electrons. The number of fused-ring (bicyclic) bond motifs is 1. The van der Waals surface area contributed by atoms with E-state index in [0.717, 1.165) is 36.7 Å². The van der Waals surface area contributed by atoms with Gasteiger partial charge >= 0.3 is 0 Å². The molecule has 0 bridgehead atoms. The van der Waals surface area contributed by atoms with Crippen LogP contribution >= 0.6 is 0 Å². The summed E-state index contributed by atoms with van der Waals surface area (Å²) in [5, 5.41) is 23.6. The number of anilines is 1. The fourth-order valence-corrected chi connectivity index (χ4v) is 3.32. The van der Waals surface area contributed by atoms with Gasteiger partial charge in [0, 0.05) is 12.5 Å². The van der Waals surface area contributed by atoms with E-state index in [4.69, 9.17) is 5.10 Å². The third kappa shape index (κ3) is 2.18. The second-order valence-electron chi connectivity index (χ2n) is 6.80. The molecule has 6 nitrogen and oxygen atoms in total. The summed E-state index contributed by atoms with van der Waals surface area (Å²) >= 11 is 0. The molecule has 1 saturated heterocycles. The molecule has 1 unspecified atom stereocenters. The molecule has 1 atom stereocenters. The van der Waals surface area contributed by atoms with Crippen molar-refractivity contribution in [3.63, 3.8) is 0 Å². The van der Waals surface area contributed by atoms with Gasteiger partial charge < -0.3 is 10.0 Å². The summed E-state index contributed by atoms with van der Waals surface area (Å²) in [4.78, 5) is 2.22. The molecule has 6 heteroatoms. The van der Waals surface area contributed by atoms with Crippen LogP contribution in [0.3, 0.4) is 0 Å². The van der Waals surface area contributed by atoms with Crippen molar-refractivity contribution >= 4 is 11.5 Å². The maximum atomic E-state index is 10.4. The molecule has 1 aliphatic heterocycles. The number of aliphatic hydroxyl groups is 1. The number of nitrogens with zero attached hydrogens (tertiary/aromatic N) is 5. The van der Waals surface area contributed by atoms with E-state index in [-0.39, 0.29) is 6.04 Å². The van der Waals surface area contributed by atoms with Crippen molar-refractivity contribution in [2.24, 2.45) is 0 Å². The van der Waals surface area contributed by atoms with Gasteiger partial charge in [-0.25, -0.2) is 0 Å². The van der Waals surface area contributed by atoms with E-state index < -0.39 is 5.60 Å². The summed E-state index contributed by atoms with van der Waals surface area (Å²) in [6.07, 6.45) is 4.46. The second kappa shape index (κ2) is 4.40. The summed E-state index contributed by atoms with van der Waals surface area (Å²) in [6, 6.07) is 4.08. The predicted molar refractivity (Wildman–Crippen MR) is 79.4 cm³/mol. The summed E-state index contributed by atoms with van der Waals surface area (Å²) in [7, 11) is 0. The van der Waals surface area contributed by atoms with E-state index in [9.17, 15) is 5.11 Å². The monoisotopic (exact) mass is 287 g/mol. The fourth-order valence-electron chi connectivity index (χ4n) is 3.32. The Morgan fingerprint density at radius 1 is 1.19 bits per heavy atom. The second-order valence-corrected chi connectivity index (χ2v) is 6.80. The van der Waals surface area contributed by atoms with Crippen LogP contribution in [-0.4, -0.2) is 43.1 Å². The van der Waals surface area contributed by atoms with Crippen LogP contribution in [0, 0.1) is 0 Å². The van der Waals surface area contributed by atoms with Crippen LogP contribution in [0.15, 0.2) is 12.1 Å². The zero-order chi connectivity index (χ0) is 14.6. The van der Waals surface area contributed by atoms with Gasteiger partial charge in [0.2, 0.25) is 0 Å². The van der Waals surface area contributed by atoms with Gasteiger partial charge in [-0.15, -0.1) is 15.3 Å². The van der Waals surface area contributed by atoms with Crippen LogP contribution in [0.4, 0.5) is 5.82 Å². The largest absolute Gasteiger partial charge is 0.388 e. The van der Waals surface area contributed by atoms with Crippen LogP contribution in [-0.2, 0) is 0 Å². The van der Waals surface area contributed by atoms with Crippen molar-refractivity contribution in [1.82, 2.24) is 19.8 Å². The first-order chi connectivity index (χ1) is 10.0. The smallest absolute Gasteiger partial charge is 0.178 e. The molecular formula is C15H21N5O. The normalized spacial score (nSPS) is 23.2. The lowest BCUT2D eigenvalue weighted by Gasteiger charge is -2.34. The maximum absolute atomic E-state index is 10.4. The zero-order valence-corrected chi connectivity index (χ0v) is 12.5. The summed E-state index contributed by atoms with van der Waals surface area (Å²) in [5.74, 6) is 2.41. The highest BCUT2D eigenvalue weighted by Gasteiger charge is 2.37. The highest BCUT2D eigenvalue weighted by Crippen LogP contribution is 2.39. The first-order valence-corrected chi connectivity index (χ1v) is 7.75. The Morgan fingerprint density at radius 3 is 2.71 bits per heavy atom. The van der Waals surface area contributed by atoms with E-state index in [2.05, 4.69) is 15.1 Å². The summed E-state index contributed by atoms with van der Waals surface area (Å²) in [6.45, 7) is 4.69. The van der Waals surface area contributed by atoms with Gasteiger partial charge in [-0.05, 0) is 51.7 Å². The van der Waals surface area contributed by atoms with Gasteiger partial charge in [0.25, 0.3) is 0 Å². The summed E-state index contributed by atoms with van der Waals surface area (Å²) < 4.78 is 1.88. The minimum atomic E-state index is -0.723. The zero-order valence-electron chi connectivity index (χ0n) is 12.5. The third-order valence-electron chi connectivity index (χ3n) is 4.58. The molecule has 1 saturated carbocycles. The summed E-state index contributed by atoms with van der Waals surface area (Å²) in [5.41, 5.74) is 0.0827. The molecule has 2 aromatic heterocycles. The van der Waals surface area contributed by atoms with Crippen molar-refractivity contribution < 1.29 is 5.11 Å². The third-order valence-corrected chi connectivity index (χ3v) is 4.58. The van der Waals surface area contributed by atoms with Crippen LogP contribution in [0.25, 0.3) is 5.65 Å². The molecular weight excluding hydrogens is 266 g/mol. The van der Waals surface area contributed by atoms with Crippen molar-refractivity contribution in [2.75, 3.05) is 11.4 Å². The average Bonchev–Trinajstić information content (AvgIpc) is 3.01. The molecule has 2 aliphatic rings. The Kier molecular flexibility index (Phi) is 2.73. The lowest BCUT2D eigenvalue weighted by Crippen LogP contribution is -2.46. The minimum absolute atomic E-state index is 0.114. The number of aromatic nitrogens is 4. The number of hydrogen-bond acceptors (Lipinski definition) is 5. The molecule has 0 spiro atoms. The van der Waals surface area contributed by atoms with E-state index >= 15 is 0 Å². The van der Waals surface area contributed by atoms with Gasteiger partial charge in [-0.3, -0.25) is 0 Å². The first kappa shape index (κ1) is 13.0. The van der Waals surface area contributed by atoms with Gasteiger partial charge in [0.1, 0.15) is 5.82 Å². The Morgan fingerprint density at radius 2 is 2.00 bits per heavy atom. The molecule has 2 fully saturated rings. The molecule has 2 aromatic rings. The van der Waals surface area contributed by atoms with Crippen LogP contribution in [0.1, 0.15) is 51.3 Å². The standard InChI is InChI=1S/C15H21N5O/c1-15(2,21)11-4-3-9-19(11)13-8-7-12-16-17-14(10-5-6-10)20(12)18-13/h7-8,10-11,21H,3-6,9H2,1-2H3. The Labute approximate surface area is 123 Å². The fraction of sp³-hybridized carbons (Fsp3) is 0.667. The van der Waals surface area contributed by atoms with Crippen LogP contribution in [0.5, 0.6) is 0 Å². The van der Waals surface area contributed by atoms with E-state index in [1.807, 2.05) is 30.5 Å². The van der Waals surface area contributed by atoms with Crippen LogP contribution < -0.4 is 4.90 Å². The molecule has 0 amide bonds. The molecule has 3 heterocycles. The number of rotatable bonds is 3. The maximum Gasteiger partial charge on any atom is 0.178 e. The van der Waals surface area contributed by atoms with Gasteiger partial charge in [-0.2, -0.15) is 4.52 Å². The first-order valence-electron chi connectivity index (χ1n) is 7.75. The molecule has 4 rings (SSSR count). The molecule has 21 heavy (non-hydrogen) atoms. The lowest BCUT2D eigenvalue weighted by molar-refractivity contribution is 0.0532. The molecule has 1 N–H and O–H groups in total. The van der Waals surface area contributed by atoms with Gasteiger partial charge in [0.15, 0.2) is 11.5 Å². The van der Waals surface area contributed by atoms with Gasteiger partial charge in [0.05, 0.1) is 11.6 Å². The lowest BCUT2D eigenvalue weighted by atomic mass is 9.97. The minimum Gasteiger partial charge on any atom is -0.388 e. The average molecular weight is 287 g/mol. The van der Waals surface area contributed by atoms with E-state index in [0.29, 0.717) is 5.92 Å². The SMILES string of the molecule is CC(C)(O)C1CCCN1c1ccc2nnc(C3CC3)n2n1. The predicted octanol–water partition coefficient (Wildman–Crippen LogP) is 1.74. The molecule has 1 aliphatic carbocycles. The number of hydrogen-bond donors (Lipinski definition) is 1. The van der Waals surface area contributed by atoms with Crippen molar-refractivity contribution in [3.8, 4) is 0 Å². The molecule has 112 valence electrons. The van der Waals surface area contributed by atoms with Crippen molar-refractivity contribution in [2.45, 2.75) is 57.1 Å². The highest BCUT2D eigenvalue weighted by atomic mass is 16.3. The highest BCUT2D eigenvalue weighted by molar-refractivity contribution is 5.48. The Balaban J connectivity index is 1.74. The van der Waals surface area contributed by atoms with E-state index in [1.165, 1.54) is 12.8 Å².